The third-order valence-corrected chi connectivity index (χ3v) is 2.23. The van der Waals surface area contributed by atoms with Crippen molar-refractivity contribution in [3.05, 3.63) is 29.8 Å². The SMILES string of the molecule is CC(C)([NH3+])Cc1cccc(OCC(O)CO)c1.[Br-]. The molecule has 1 aromatic carbocycles. The van der Waals surface area contributed by atoms with E-state index in [2.05, 4.69) is 19.6 Å². The largest absolute Gasteiger partial charge is 1.00 e. The molecule has 0 amide bonds. The molecule has 104 valence electrons. The van der Waals surface area contributed by atoms with Crippen molar-refractivity contribution in [2.24, 2.45) is 0 Å². The first-order valence-electron chi connectivity index (χ1n) is 5.77. The van der Waals surface area contributed by atoms with Crippen molar-refractivity contribution in [2.45, 2.75) is 31.9 Å². The van der Waals surface area contributed by atoms with Crippen molar-refractivity contribution in [1.29, 1.82) is 0 Å². The van der Waals surface area contributed by atoms with Gasteiger partial charge in [-0.2, -0.15) is 0 Å². The van der Waals surface area contributed by atoms with E-state index in [0.717, 1.165) is 12.0 Å². The summed E-state index contributed by atoms with van der Waals surface area (Å²) in [6, 6.07) is 7.73. The van der Waals surface area contributed by atoms with Gasteiger partial charge in [0.2, 0.25) is 0 Å². The summed E-state index contributed by atoms with van der Waals surface area (Å²) in [5.74, 6) is 0.708. The number of aliphatic hydroxyl groups excluding tert-OH is 2. The van der Waals surface area contributed by atoms with E-state index in [1.165, 1.54) is 0 Å². The van der Waals surface area contributed by atoms with E-state index in [1.807, 2.05) is 24.3 Å². The van der Waals surface area contributed by atoms with Crippen LogP contribution in [0.4, 0.5) is 0 Å². The van der Waals surface area contributed by atoms with Crippen LogP contribution in [0.1, 0.15) is 19.4 Å². The monoisotopic (exact) mass is 319 g/mol. The van der Waals surface area contributed by atoms with Gasteiger partial charge in [0, 0.05) is 6.42 Å². The Labute approximate surface area is 119 Å². The minimum atomic E-state index is -0.831. The molecule has 0 saturated heterocycles. The highest BCUT2D eigenvalue weighted by Gasteiger charge is 2.15. The smallest absolute Gasteiger partial charge is 0.119 e. The van der Waals surface area contributed by atoms with Crippen LogP contribution in [0.25, 0.3) is 0 Å². The fraction of sp³-hybridized carbons (Fsp3) is 0.538. The molecule has 5 N–H and O–H groups in total. The number of ether oxygens (including phenoxy) is 1. The van der Waals surface area contributed by atoms with E-state index in [-0.39, 0.29) is 35.7 Å². The molecule has 5 heteroatoms. The molecule has 18 heavy (non-hydrogen) atoms. The maximum Gasteiger partial charge on any atom is 0.119 e. The highest BCUT2D eigenvalue weighted by Crippen LogP contribution is 2.16. The van der Waals surface area contributed by atoms with E-state index >= 15 is 0 Å². The van der Waals surface area contributed by atoms with Gasteiger partial charge in [-0.15, -0.1) is 0 Å². The molecular weight excluding hydrogens is 298 g/mol. The number of hydrogen-bond acceptors (Lipinski definition) is 3. The zero-order chi connectivity index (χ0) is 12.9. The molecule has 1 unspecified atom stereocenters. The number of hydrogen-bond donors (Lipinski definition) is 3. The quantitative estimate of drug-likeness (QED) is 0.522. The predicted molar refractivity (Wildman–Crippen MR) is 65.7 cm³/mol. The van der Waals surface area contributed by atoms with Gasteiger partial charge in [-0.25, -0.2) is 0 Å². The normalized spacial score (nSPS) is 12.7. The van der Waals surface area contributed by atoms with Crippen LogP contribution >= 0.6 is 0 Å². The van der Waals surface area contributed by atoms with Gasteiger partial charge in [-0.1, -0.05) is 12.1 Å². The maximum absolute atomic E-state index is 9.19. The standard InChI is InChI=1S/C13H21NO3.BrH/c1-13(2,14)7-10-4-3-5-12(6-10)17-9-11(16)8-15;/h3-6,11,15-16H,7-9,14H2,1-2H3;1H. The van der Waals surface area contributed by atoms with Crippen LogP contribution in [0, 0.1) is 0 Å². The van der Waals surface area contributed by atoms with Crippen LogP contribution in [-0.4, -0.2) is 35.1 Å². The third kappa shape index (κ3) is 6.96. The average molecular weight is 320 g/mol. The lowest BCUT2D eigenvalue weighted by molar-refractivity contribution is -0.465. The van der Waals surface area contributed by atoms with Crippen LogP contribution in [0.2, 0.25) is 0 Å². The topological polar surface area (TPSA) is 77.3 Å². The Kier molecular flexibility index (Phi) is 7.47. The molecule has 0 spiro atoms. The fourth-order valence-corrected chi connectivity index (χ4v) is 1.54. The number of halogens is 1. The maximum atomic E-state index is 9.19. The van der Waals surface area contributed by atoms with Crippen molar-refractivity contribution >= 4 is 0 Å². The van der Waals surface area contributed by atoms with E-state index in [0.29, 0.717) is 5.75 Å². The molecule has 0 radical (unpaired) electrons. The molecule has 4 nitrogen and oxygen atoms in total. The van der Waals surface area contributed by atoms with Crippen molar-refractivity contribution in [1.82, 2.24) is 0 Å². The van der Waals surface area contributed by atoms with E-state index in [1.54, 1.807) is 0 Å². The Morgan fingerprint density at radius 2 is 2.06 bits per heavy atom. The lowest BCUT2D eigenvalue weighted by atomic mass is 9.96. The molecule has 0 bridgehead atoms. The van der Waals surface area contributed by atoms with Gasteiger partial charge in [0.15, 0.2) is 0 Å². The van der Waals surface area contributed by atoms with Crippen molar-refractivity contribution in [3.63, 3.8) is 0 Å². The summed E-state index contributed by atoms with van der Waals surface area (Å²) in [7, 11) is 0. The minimum Gasteiger partial charge on any atom is -1.00 e. The Hall–Kier alpha value is -0.620. The van der Waals surface area contributed by atoms with Crippen molar-refractivity contribution in [3.8, 4) is 5.75 Å². The van der Waals surface area contributed by atoms with Gasteiger partial charge in [-0.3, -0.25) is 0 Å². The summed E-state index contributed by atoms with van der Waals surface area (Å²) in [5.41, 5.74) is 5.21. The number of aliphatic hydroxyl groups is 2. The number of benzene rings is 1. The van der Waals surface area contributed by atoms with Crippen LogP contribution in [-0.2, 0) is 6.42 Å². The van der Waals surface area contributed by atoms with Crippen LogP contribution in [0.5, 0.6) is 5.75 Å². The Morgan fingerprint density at radius 3 is 2.61 bits per heavy atom. The highest BCUT2D eigenvalue weighted by molar-refractivity contribution is 5.29. The predicted octanol–water partition coefficient (Wildman–Crippen LogP) is -3.01. The first-order valence-corrected chi connectivity index (χ1v) is 5.77. The third-order valence-electron chi connectivity index (χ3n) is 2.23. The molecular formula is C13H22BrNO3. The lowest BCUT2D eigenvalue weighted by Gasteiger charge is -2.16. The molecule has 1 atom stereocenters. The van der Waals surface area contributed by atoms with E-state index < -0.39 is 6.10 Å². The zero-order valence-electron chi connectivity index (χ0n) is 10.9. The van der Waals surface area contributed by atoms with E-state index in [9.17, 15) is 5.11 Å². The highest BCUT2D eigenvalue weighted by atomic mass is 79.9. The second-order valence-corrected chi connectivity index (χ2v) is 5.14. The van der Waals surface area contributed by atoms with Gasteiger partial charge < -0.3 is 37.7 Å². The van der Waals surface area contributed by atoms with Crippen LogP contribution in [0.3, 0.4) is 0 Å². The Morgan fingerprint density at radius 1 is 1.39 bits per heavy atom. The van der Waals surface area contributed by atoms with Crippen molar-refractivity contribution in [2.75, 3.05) is 13.2 Å². The molecule has 1 rings (SSSR count). The molecule has 0 aliphatic rings. The van der Waals surface area contributed by atoms with Gasteiger partial charge >= 0.3 is 0 Å². The number of rotatable bonds is 6. The van der Waals surface area contributed by atoms with Crippen LogP contribution in [0.15, 0.2) is 24.3 Å². The first kappa shape index (κ1) is 17.4. The molecule has 0 aromatic heterocycles. The summed E-state index contributed by atoms with van der Waals surface area (Å²) in [5, 5.41) is 17.9. The second-order valence-electron chi connectivity index (χ2n) is 5.14. The second kappa shape index (κ2) is 7.74. The van der Waals surface area contributed by atoms with Crippen molar-refractivity contribution < 1.29 is 37.7 Å². The molecule has 0 aliphatic heterocycles. The molecule has 0 aliphatic carbocycles. The number of quaternary nitrogens is 1. The van der Waals surface area contributed by atoms with Gasteiger partial charge in [-0.05, 0) is 31.5 Å². The van der Waals surface area contributed by atoms with Gasteiger partial charge in [0.25, 0.3) is 0 Å². The first-order chi connectivity index (χ1) is 7.90. The minimum absolute atomic E-state index is 0. The lowest BCUT2D eigenvalue weighted by Crippen LogP contribution is -3.00. The molecule has 0 heterocycles. The Bertz CT molecular complexity index is 352. The summed E-state index contributed by atoms with van der Waals surface area (Å²) >= 11 is 0. The fourth-order valence-electron chi connectivity index (χ4n) is 1.54. The summed E-state index contributed by atoms with van der Waals surface area (Å²) < 4.78 is 5.38. The molecule has 0 fully saturated rings. The Balaban J connectivity index is 0.00000289. The average Bonchev–Trinajstić information content (AvgIpc) is 2.24. The molecule has 0 saturated carbocycles. The summed E-state index contributed by atoms with van der Waals surface area (Å²) in [6.07, 6.45) is 0.0372. The van der Waals surface area contributed by atoms with Crippen LogP contribution < -0.4 is 27.5 Å². The van der Waals surface area contributed by atoms with Gasteiger partial charge in [0.1, 0.15) is 18.5 Å². The van der Waals surface area contributed by atoms with E-state index in [4.69, 9.17) is 9.84 Å². The van der Waals surface area contributed by atoms with Gasteiger partial charge in [0.05, 0.1) is 12.1 Å². The molecule has 1 aromatic rings. The zero-order valence-corrected chi connectivity index (χ0v) is 12.5. The summed E-state index contributed by atoms with van der Waals surface area (Å²) in [4.78, 5) is 0. The summed E-state index contributed by atoms with van der Waals surface area (Å²) in [6.45, 7) is 3.98.